The molecular formula is C23H38N8O. The van der Waals surface area contributed by atoms with Gasteiger partial charge in [-0.15, -0.1) is 0 Å². The molecule has 0 fully saturated rings. The summed E-state index contributed by atoms with van der Waals surface area (Å²) in [7, 11) is 3.88. The molecule has 6 N–H and O–H groups in total. The zero-order valence-electron chi connectivity index (χ0n) is 19.9. The Morgan fingerprint density at radius 2 is 1.97 bits per heavy atom. The number of hydrogen-bond acceptors (Lipinski definition) is 8. The van der Waals surface area contributed by atoms with Crippen molar-refractivity contribution in [3.8, 4) is 0 Å². The molecule has 0 aliphatic heterocycles. The number of amidine groups is 1. The van der Waals surface area contributed by atoms with Gasteiger partial charge in [-0.25, -0.2) is 10.8 Å². The Bertz CT molecular complexity index is 836. The van der Waals surface area contributed by atoms with Crippen molar-refractivity contribution in [3.05, 3.63) is 53.1 Å². The number of benzene rings is 1. The number of hydrogen-bond donors (Lipinski definition) is 4. The van der Waals surface area contributed by atoms with E-state index in [2.05, 4.69) is 21.3 Å². The summed E-state index contributed by atoms with van der Waals surface area (Å²) >= 11 is 0. The highest BCUT2D eigenvalue weighted by Gasteiger charge is 2.12. The Kier molecular flexibility index (Phi) is 11.6. The van der Waals surface area contributed by atoms with E-state index in [0.717, 1.165) is 36.1 Å². The second kappa shape index (κ2) is 13.9. The lowest BCUT2D eigenvalue weighted by atomic mass is 10.2. The van der Waals surface area contributed by atoms with Gasteiger partial charge in [0, 0.05) is 57.5 Å². The molecule has 1 aromatic rings. The Labute approximate surface area is 191 Å². The van der Waals surface area contributed by atoms with Crippen molar-refractivity contribution in [2.75, 3.05) is 38.6 Å². The third-order valence-electron chi connectivity index (χ3n) is 4.84. The van der Waals surface area contributed by atoms with Gasteiger partial charge in [-0.3, -0.25) is 4.79 Å². The molecule has 32 heavy (non-hydrogen) atoms. The molecule has 0 bridgehead atoms. The van der Waals surface area contributed by atoms with Gasteiger partial charge in [0.05, 0.1) is 12.1 Å². The van der Waals surface area contributed by atoms with Crippen LogP contribution in [0.25, 0.3) is 0 Å². The molecule has 0 amide bonds. The number of aliphatic imine (C=N–C) groups is 1. The Balaban J connectivity index is 2.90. The number of allylic oxidation sites excluding steroid dienone is 2. The first-order valence-electron chi connectivity index (χ1n) is 10.7. The number of aldehydes is 1. The van der Waals surface area contributed by atoms with Gasteiger partial charge in [-0.1, -0.05) is 19.1 Å². The van der Waals surface area contributed by atoms with Crippen LogP contribution >= 0.6 is 0 Å². The minimum Gasteiger partial charge on any atom is -0.401 e. The highest BCUT2D eigenvalue weighted by Crippen LogP contribution is 2.17. The van der Waals surface area contributed by atoms with Crippen LogP contribution in [0.5, 0.6) is 0 Å². The van der Waals surface area contributed by atoms with Crippen molar-refractivity contribution in [2.45, 2.75) is 33.7 Å². The van der Waals surface area contributed by atoms with Gasteiger partial charge in [-0.2, -0.15) is 0 Å². The van der Waals surface area contributed by atoms with Crippen molar-refractivity contribution in [1.29, 1.82) is 5.41 Å². The van der Waals surface area contributed by atoms with E-state index in [0.29, 0.717) is 37.6 Å². The Morgan fingerprint density at radius 3 is 2.56 bits per heavy atom. The van der Waals surface area contributed by atoms with Crippen LogP contribution in [0.15, 0.2) is 52.5 Å². The second-order valence-electron chi connectivity index (χ2n) is 7.51. The Hall–Kier alpha value is -3.33. The molecule has 0 heterocycles. The first-order valence-corrected chi connectivity index (χ1v) is 10.7. The van der Waals surface area contributed by atoms with Crippen molar-refractivity contribution in [2.24, 2.45) is 16.6 Å². The number of hydrazine groups is 1. The fraction of sp³-hybridized carbons (Fsp3) is 0.435. The average molecular weight is 443 g/mol. The summed E-state index contributed by atoms with van der Waals surface area (Å²) in [4.78, 5) is 20.0. The first kappa shape index (κ1) is 26.7. The molecule has 0 aliphatic carbocycles. The van der Waals surface area contributed by atoms with Crippen LogP contribution in [0.4, 0.5) is 5.69 Å². The molecule has 0 atom stereocenters. The second-order valence-corrected chi connectivity index (χ2v) is 7.51. The van der Waals surface area contributed by atoms with Crippen LogP contribution < -0.4 is 21.8 Å². The molecule has 9 nitrogen and oxygen atoms in total. The van der Waals surface area contributed by atoms with Gasteiger partial charge in [0.25, 0.3) is 0 Å². The predicted octanol–water partition coefficient (Wildman–Crippen LogP) is 2.03. The molecule has 0 radical (unpaired) electrons. The SMILES string of the molecule is CCN/C(C)=N/C(=C(\C=N)C=O)N(C)CCN(C)c1cccc(CN(N)/C=C(\N)CC)c1. The largest absolute Gasteiger partial charge is 0.401 e. The smallest absolute Gasteiger partial charge is 0.155 e. The quantitative estimate of drug-likeness (QED) is 0.0919. The van der Waals surface area contributed by atoms with Crippen molar-refractivity contribution >= 4 is 24.0 Å². The monoisotopic (exact) mass is 442 g/mol. The maximum atomic E-state index is 11.4. The zero-order valence-corrected chi connectivity index (χ0v) is 19.9. The summed E-state index contributed by atoms with van der Waals surface area (Å²) in [6.07, 6.45) is 4.20. The number of rotatable bonds is 13. The molecule has 0 spiro atoms. The number of likely N-dealkylation sites (N-methyl/N-ethyl adjacent to an activating group) is 2. The fourth-order valence-corrected chi connectivity index (χ4v) is 2.96. The summed E-state index contributed by atoms with van der Waals surface area (Å²) in [6, 6.07) is 8.16. The van der Waals surface area contributed by atoms with Gasteiger partial charge in [-0.05, 0) is 38.0 Å². The summed E-state index contributed by atoms with van der Waals surface area (Å²) in [5.41, 5.74) is 8.95. The van der Waals surface area contributed by atoms with Gasteiger partial charge in [0.15, 0.2) is 6.29 Å². The van der Waals surface area contributed by atoms with E-state index in [4.69, 9.17) is 17.0 Å². The first-order chi connectivity index (χ1) is 15.2. The lowest BCUT2D eigenvalue weighted by molar-refractivity contribution is -0.104. The topological polar surface area (TPSA) is 127 Å². The minimum atomic E-state index is 0.233. The molecule has 0 aromatic heterocycles. The molecule has 9 heteroatoms. The maximum absolute atomic E-state index is 11.4. The van der Waals surface area contributed by atoms with Gasteiger partial charge >= 0.3 is 0 Å². The lowest BCUT2D eigenvalue weighted by Crippen LogP contribution is -2.32. The lowest BCUT2D eigenvalue weighted by Gasteiger charge is -2.26. The standard InChI is InChI=1S/C23H38N8O/c1-6-21(25)16-31(26)15-19-9-8-10-22(13-19)29(4)11-12-30(5)23(20(14-24)17-32)28-18(3)27-7-2/h8-10,13-14,16-17,24H,6-7,11-12,15,25-26H2,1-5H3,(H,27,28)/b21-16-,23-20-,24-14?. The summed E-state index contributed by atoms with van der Waals surface area (Å²) in [5.74, 6) is 7.21. The van der Waals surface area contributed by atoms with Crippen LogP contribution in [0, 0.1) is 5.41 Å². The molecule has 1 rings (SSSR count). The predicted molar refractivity (Wildman–Crippen MR) is 133 cm³/mol. The van der Waals surface area contributed by atoms with E-state index in [9.17, 15) is 4.79 Å². The summed E-state index contributed by atoms with van der Waals surface area (Å²) in [5, 5.41) is 12.3. The van der Waals surface area contributed by atoms with Crippen molar-refractivity contribution < 1.29 is 4.79 Å². The van der Waals surface area contributed by atoms with Gasteiger partial charge in [0.1, 0.15) is 11.7 Å². The molecule has 176 valence electrons. The van der Waals surface area contributed by atoms with E-state index >= 15 is 0 Å². The zero-order chi connectivity index (χ0) is 24.1. The normalized spacial score (nSPS) is 12.7. The van der Waals surface area contributed by atoms with E-state index < -0.39 is 0 Å². The van der Waals surface area contributed by atoms with E-state index in [1.807, 2.05) is 58.0 Å². The number of anilines is 1. The molecular weight excluding hydrogens is 404 g/mol. The molecule has 0 aliphatic rings. The molecule has 1 aromatic carbocycles. The number of nitrogens with one attached hydrogen (secondary N) is 2. The average Bonchev–Trinajstić information content (AvgIpc) is 2.77. The maximum Gasteiger partial charge on any atom is 0.155 e. The number of carbonyl (C=O) groups is 1. The van der Waals surface area contributed by atoms with E-state index in [1.54, 1.807) is 11.2 Å². The van der Waals surface area contributed by atoms with Crippen LogP contribution in [-0.4, -0.2) is 62.0 Å². The van der Waals surface area contributed by atoms with Crippen LogP contribution in [0.2, 0.25) is 0 Å². The van der Waals surface area contributed by atoms with Gasteiger partial charge < -0.3 is 31.3 Å². The Morgan fingerprint density at radius 1 is 1.25 bits per heavy atom. The summed E-state index contributed by atoms with van der Waals surface area (Å²) < 4.78 is 0. The number of nitrogens with zero attached hydrogens (tertiary/aromatic N) is 4. The third kappa shape index (κ3) is 8.81. The van der Waals surface area contributed by atoms with Gasteiger partial charge in [0.2, 0.25) is 0 Å². The highest BCUT2D eigenvalue weighted by molar-refractivity contribution is 6.01. The minimum absolute atomic E-state index is 0.233. The van der Waals surface area contributed by atoms with Crippen molar-refractivity contribution in [3.63, 3.8) is 0 Å². The molecule has 0 saturated heterocycles. The van der Waals surface area contributed by atoms with E-state index in [1.165, 1.54) is 0 Å². The van der Waals surface area contributed by atoms with Crippen LogP contribution in [-0.2, 0) is 11.3 Å². The number of carbonyl (C=O) groups excluding carboxylic acids is 1. The van der Waals surface area contributed by atoms with Crippen LogP contribution in [0.1, 0.15) is 32.8 Å². The summed E-state index contributed by atoms with van der Waals surface area (Å²) in [6.45, 7) is 8.39. The molecule has 0 saturated carbocycles. The number of nitrogens with two attached hydrogens (primary N) is 2. The molecule has 0 unspecified atom stereocenters. The van der Waals surface area contributed by atoms with Crippen molar-refractivity contribution in [1.82, 2.24) is 15.2 Å². The highest BCUT2D eigenvalue weighted by atomic mass is 16.1. The van der Waals surface area contributed by atoms with Crippen LogP contribution in [0.3, 0.4) is 0 Å². The third-order valence-corrected chi connectivity index (χ3v) is 4.84. The van der Waals surface area contributed by atoms with E-state index in [-0.39, 0.29) is 5.57 Å². The fourth-order valence-electron chi connectivity index (χ4n) is 2.96.